The van der Waals surface area contributed by atoms with Crippen molar-refractivity contribution in [2.45, 2.75) is 63.6 Å². The summed E-state index contributed by atoms with van der Waals surface area (Å²) in [6, 6.07) is 3.12. The number of carbonyl (C=O) groups excluding carboxylic acids is 1. The van der Waals surface area contributed by atoms with E-state index >= 15 is 0 Å². The molecular weight excluding hydrogens is 392 g/mol. The normalized spacial score (nSPS) is 24.6. The van der Waals surface area contributed by atoms with Crippen LogP contribution < -0.4 is 15.8 Å². The Hall–Kier alpha value is -2.33. The quantitative estimate of drug-likeness (QED) is 0.752. The largest absolute Gasteiger partial charge is 0.391 e. The molecular formula is C19H26N6O3S. The van der Waals surface area contributed by atoms with E-state index in [9.17, 15) is 14.7 Å². The maximum absolute atomic E-state index is 12.4. The summed E-state index contributed by atoms with van der Waals surface area (Å²) < 4.78 is 5.27. The van der Waals surface area contributed by atoms with Crippen molar-refractivity contribution in [3.05, 3.63) is 33.1 Å². The number of hydrogen-bond acceptors (Lipinski definition) is 8. The second-order valence-corrected chi connectivity index (χ2v) is 8.53. The molecule has 2 aliphatic rings. The number of anilines is 1. The van der Waals surface area contributed by atoms with Crippen LogP contribution in [0, 0.1) is 6.92 Å². The van der Waals surface area contributed by atoms with Crippen LogP contribution >= 0.6 is 11.5 Å². The third kappa shape index (κ3) is 4.18. The number of carbonyl (C=O) groups is 1. The topological polar surface area (TPSA) is 113 Å². The molecule has 10 heteroatoms. The highest BCUT2D eigenvalue weighted by atomic mass is 32.1. The van der Waals surface area contributed by atoms with Crippen LogP contribution in [0.25, 0.3) is 0 Å². The van der Waals surface area contributed by atoms with Gasteiger partial charge in [0.25, 0.3) is 11.5 Å². The van der Waals surface area contributed by atoms with Crippen LogP contribution in [0.3, 0.4) is 0 Å². The maximum Gasteiger partial charge on any atom is 0.267 e. The van der Waals surface area contributed by atoms with Gasteiger partial charge in [0.05, 0.1) is 17.8 Å². The van der Waals surface area contributed by atoms with Crippen molar-refractivity contribution in [2.75, 3.05) is 18.0 Å². The molecule has 156 valence electrons. The highest BCUT2D eigenvalue weighted by Gasteiger charge is 2.30. The highest BCUT2D eigenvalue weighted by molar-refractivity contribution is 7.07. The standard InChI is InChI=1S/C19H26N6O3S/c1-12-18(29-23-21-12)19(28)20-11-13-5-2-3-10-24(13)16-8-9-17(27)25(22-16)14-6-4-7-15(14)26/h8-9,13-15,26H,2-7,10-11H2,1H3,(H,20,28). The molecule has 3 atom stereocenters. The Labute approximate surface area is 172 Å². The molecule has 3 unspecified atom stereocenters. The van der Waals surface area contributed by atoms with E-state index in [4.69, 9.17) is 0 Å². The Morgan fingerprint density at radius 1 is 1.28 bits per heavy atom. The van der Waals surface area contributed by atoms with Crippen molar-refractivity contribution < 1.29 is 9.90 Å². The summed E-state index contributed by atoms with van der Waals surface area (Å²) >= 11 is 1.10. The second kappa shape index (κ2) is 8.58. The van der Waals surface area contributed by atoms with Crippen LogP contribution in [0.1, 0.15) is 59.9 Å². The van der Waals surface area contributed by atoms with E-state index in [1.54, 1.807) is 13.0 Å². The van der Waals surface area contributed by atoms with Gasteiger partial charge in [0, 0.05) is 25.2 Å². The maximum atomic E-state index is 12.4. The Morgan fingerprint density at radius 3 is 2.86 bits per heavy atom. The third-order valence-corrected chi connectivity index (χ3v) is 6.67. The Kier molecular flexibility index (Phi) is 5.91. The predicted molar refractivity (Wildman–Crippen MR) is 109 cm³/mol. The molecule has 0 radical (unpaired) electrons. The minimum Gasteiger partial charge on any atom is -0.391 e. The molecule has 1 aliphatic carbocycles. The van der Waals surface area contributed by atoms with E-state index in [1.807, 2.05) is 0 Å². The molecule has 1 aliphatic heterocycles. The van der Waals surface area contributed by atoms with Crippen LogP contribution in [0.15, 0.2) is 16.9 Å². The van der Waals surface area contributed by atoms with E-state index in [0.717, 1.165) is 56.0 Å². The smallest absolute Gasteiger partial charge is 0.267 e. The highest BCUT2D eigenvalue weighted by Crippen LogP contribution is 2.29. The van der Waals surface area contributed by atoms with Crippen LogP contribution in [-0.4, -0.2) is 55.6 Å². The van der Waals surface area contributed by atoms with Crippen molar-refractivity contribution in [1.29, 1.82) is 0 Å². The summed E-state index contributed by atoms with van der Waals surface area (Å²) in [5, 5.41) is 21.7. The van der Waals surface area contributed by atoms with Crippen molar-refractivity contribution in [3.63, 3.8) is 0 Å². The summed E-state index contributed by atoms with van der Waals surface area (Å²) in [5.41, 5.74) is 0.451. The van der Waals surface area contributed by atoms with Gasteiger partial charge < -0.3 is 15.3 Å². The van der Waals surface area contributed by atoms with Gasteiger partial charge in [0.2, 0.25) is 0 Å². The van der Waals surface area contributed by atoms with E-state index in [1.165, 1.54) is 10.7 Å². The number of hydrogen-bond donors (Lipinski definition) is 2. The predicted octanol–water partition coefficient (Wildman–Crippen LogP) is 1.28. The molecule has 4 rings (SSSR count). The minimum atomic E-state index is -0.525. The molecule has 2 fully saturated rings. The Morgan fingerprint density at radius 2 is 2.14 bits per heavy atom. The van der Waals surface area contributed by atoms with Gasteiger partial charge in [-0.2, -0.15) is 5.10 Å². The van der Waals surface area contributed by atoms with E-state index in [0.29, 0.717) is 23.5 Å². The molecule has 1 amide bonds. The van der Waals surface area contributed by atoms with E-state index in [-0.39, 0.29) is 23.6 Å². The first-order valence-corrected chi connectivity index (χ1v) is 10.9. The van der Waals surface area contributed by atoms with Crippen molar-refractivity contribution >= 4 is 23.3 Å². The number of aliphatic hydroxyl groups is 1. The fourth-order valence-electron chi connectivity index (χ4n) is 4.26. The molecule has 9 nitrogen and oxygen atoms in total. The number of piperidine rings is 1. The first-order chi connectivity index (χ1) is 14.0. The van der Waals surface area contributed by atoms with Gasteiger partial charge in [0.1, 0.15) is 10.7 Å². The number of nitrogens with zero attached hydrogens (tertiary/aromatic N) is 5. The van der Waals surface area contributed by atoms with Crippen molar-refractivity contribution in [3.8, 4) is 0 Å². The molecule has 1 saturated carbocycles. The second-order valence-electron chi connectivity index (χ2n) is 7.78. The van der Waals surface area contributed by atoms with Crippen LogP contribution in [0.4, 0.5) is 5.82 Å². The number of amides is 1. The molecule has 0 spiro atoms. The Bertz CT molecular complexity index is 929. The monoisotopic (exact) mass is 418 g/mol. The lowest BCUT2D eigenvalue weighted by molar-refractivity contribution is 0.0952. The molecule has 29 heavy (non-hydrogen) atoms. The molecule has 2 aromatic rings. The molecule has 0 bridgehead atoms. The lowest BCUT2D eigenvalue weighted by Crippen LogP contribution is -2.48. The molecule has 0 aromatic carbocycles. The summed E-state index contributed by atoms with van der Waals surface area (Å²) in [7, 11) is 0. The minimum absolute atomic E-state index is 0.0980. The van der Waals surface area contributed by atoms with Crippen molar-refractivity contribution in [2.24, 2.45) is 0 Å². The molecule has 3 heterocycles. The zero-order chi connectivity index (χ0) is 20.4. The fourth-order valence-corrected chi connectivity index (χ4v) is 4.83. The number of aromatic nitrogens is 4. The Balaban J connectivity index is 1.51. The van der Waals surface area contributed by atoms with Crippen LogP contribution in [0.5, 0.6) is 0 Å². The molecule has 1 saturated heterocycles. The van der Waals surface area contributed by atoms with Crippen LogP contribution in [-0.2, 0) is 0 Å². The number of aliphatic hydroxyl groups excluding tert-OH is 1. The summed E-state index contributed by atoms with van der Waals surface area (Å²) in [5.74, 6) is 0.563. The fraction of sp³-hybridized carbons (Fsp3) is 0.632. The van der Waals surface area contributed by atoms with Gasteiger partial charge >= 0.3 is 0 Å². The summed E-state index contributed by atoms with van der Waals surface area (Å²) in [6.07, 6.45) is 4.89. The molecule has 2 N–H and O–H groups in total. The molecule has 2 aromatic heterocycles. The zero-order valence-corrected chi connectivity index (χ0v) is 17.3. The lowest BCUT2D eigenvalue weighted by atomic mass is 10.0. The van der Waals surface area contributed by atoms with Gasteiger partial charge in [0.15, 0.2) is 0 Å². The van der Waals surface area contributed by atoms with E-state index in [2.05, 4.69) is 24.9 Å². The first-order valence-electron chi connectivity index (χ1n) is 10.2. The van der Waals surface area contributed by atoms with Gasteiger partial charge in [-0.1, -0.05) is 4.49 Å². The lowest BCUT2D eigenvalue weighted by Gasteiger charge is -2.37. The first kappa shape index (κ1) is 20.0. The SMILES string of the molecule is Cc1nnsc1C(=O)NCC1CCCCN1c1ccc(=O)n(C2CCCC2O)n1. The third-order valence-electron chi connectivity index (χ3n) is 5.85. The van der Waals surface area contributed by atoms with Gasteiger partial charge in [-0.25, -0.2) is 4.68 Å². The summed E-state index contributed by atoms with van der Waals surface area (Å²) in [6.45, 7) is 3.08. The summed E-state index contributed by atoms with van der Waals surface area (Å²) in [4.78, 5) is 27.5. The number of rotatable bonds is 5. The average molecular weight is 419 g/mol. The number of aryl methyl sites for hydroxylation is 1. The zero-order valence-electron chi connectivity index (χ0n) is 16.5. The van der Waals surface area contributed by atoms with Gasteiger partial charge in [-0.15, -0.1) is 5.10 Å². The average Bonchev–Trinajstić information content (AvgIpc) is 3.35. The number of nitrogens with one attached hydrogen (secondary N) is 1. The van der Waals surface area contributed by atoms with Crippen LogP contribution in [0.2, 0.25) is 0 Å². The van der Waals surface area contributed by atoms with Crippen molar-refractivity contribution in [1.82, 2.24) is 24.7 Å². The van der Waals surface area contributed by atoms with E-state index < -0.39 is 6.10 Å². The van der Waals surface area contributed by atoms with Gasteiger partial charge in [-0.05, 0) is 63.0 Å². The van der Waals surface area contributed by atoms with Gasteiger partial charge in [-0.3, -0.25) is 9.59 Å².